The van der Waals surface area contributed by atoms with E-state index in [1.54, 1.807) is 66.7 Å². The molecule has 0 saturated carbocycles. The molecule has 43 heavy (non-hydrogen) atoms. The maximum absolute atomic E-state index is 14.8. The number of rotatable bonds is 5. The van der Waals surface area contributed by atoms with Gasteiger partial charge in [0.05, 0.1) is 13.2 Å². The number of anilines is 1. The fourth-order valence-corrected chi connectivity index (χ4v) is 7.36. The maximum atomic E-state index is 14.8. The molecular weight excluding hydrogens is 541 g/mol. The highest BCUT2D eigenvalue weighted by molar-refractivity contribution is 6.32. The van der Waals surface area contributed by atoms with Gasteiger partial charge < -0.3 is 9.64 Å². The van der Waals surface area contributed by atoms with Crippen LogP contribution in [-0.4, -0.2) is 36.5 Å². The first-order valence-corrected chi connectivity index (χ1v) is 14.5. The van der Waals surface area contributed by atoms with E-state index in [0.29, 0.717) is 33.7 Å². The Labute approximate surface area is 249 Å². The van der Waals surface area contributed by atoms with Crippen LogP contribution >= 0.6 is 0 Å². The van der Waals surface area contributed by atoms with E-state index in [4.69, 9.17) is 4.74 Å². The molecule has 4 aromatic rings. The highest BCUT2D eigenvalue weighted by atomic mass is 19.1. The van der Waals surface area contributed by atoms with Crippen molar-refractivity contribution in [2.45, 2.75) is 37.8 Å². The Morgan fingerprint density at radius 3 is 2.23 bits per heavy atom. The van der Waals surface area contributed by atoms with Crippen molar-refractivity contribution in [1.82, 2.24) is 0 Å². The van der Waals surface area contributed by atoms with Crippen molar-refractivity contribution >= 4 is 29.1 Å². The molecule has 0 bridgehead atoms. The molecule has 1 spiro atoms. The van der Waals surface area contributed by atoms with E-state index in [-0.39, 0.29) is 23.3 Å². The van der Waals surface area contributed by atoms with Gasteiger partial charge >= 0.3 is 0 Å². The van der Waals surface area contributed by atoms with Gasteiger partial charge in [0.25, 0.3) is 0 Å². The Morgan fingerprint density at radius 1 is 0.884 bits per heavy atom. The van der Waals surface area contributed by atoms with Crippen LogP contribution in [0.5, 0.6) is 5.75 Å². The SMILES string of the molecule is COc1cccc(C(=O)[C@H]2[C@H](c3ccc(C(C)C)cc3)C3(C(=O)c4ccccc4C3=O)[C@@H]3C=Cc4cc(F)ccc4N32)c1. The number of hydrogen-bond acceptors (Lipinski definition) is 5. The van der Waals surface area contributed by atoms with Crippen LogP contribution in [0.3, 0.4) is 0 Å². The second kappa shape index (κ2) is 9.87. The summed E-state index contributed by atoms with van der Waals surface area (Å²) in [6.07, 6.45) is 3.57. The highest BCUT2D eigenvalue weighted by Gasteiger charge is 2.71. The molecule has 0 N–H and O–H groups in total. The van der Waals surface area contributed by atoms with Crippen molar-refractivity contribution in [2.24, 2.45) is 5.41 Å². The predicted octanol–water partition coefficient (Wildman–Crippen LogP) is 7.27. The largest absolute Gasteiger partial charge is 0.497 e. The topological polar surface area (TPSA) is 63.7 Å². The minimum atomic E-state index is -1.61. The number of Topliss-reactive ketones (excluding diaryl/α,β-unsaturated/α-hetero) is 3. The zero-order valence-corrected chi connectivity index (χ0v) is 24.1. The molecule has 2 aliphatic heterocycles. The van der Waals surface area contributed by atoms with Crippen molar-refractivity contribution in [3.05, 3.63) is 136 Å². The van der Waals surface area contributed by atoms with Crippen LogP contribution in [0.15, 0.2) is 97.1 Å². The number of nitrogens with zero attached hydrogens (tertiary/aromatic N) is 1. The number of halogens is 1. The van der Waals surface area contributed by atoms with Gasteiger partial charge in [-0.15, -0.1) is 0 Å². The molecule has 6 heteroatoms. The van der Waals surface area contributed by atoms with Gasteiger partial charge in [-0.25, -0.2) is 4.39 Å². The lowest BCUT2D eigenvalue weighted by atomic mass is 9.64. The van der Waals surface area contributed by atoms with E-state index in [0.717, 1.165) is 11.1 Å². The number of hydrogen-bond donors (Lipinski definition) is 0. The zero-order valence-electron chi connectivity index (χ0n) is 24.1. The van der Waals surface area contributed by atoms with Crippen molar-refractivity contribution in [1.29, 1.82) is 0 Å². The predicted molar refractivity (Wildman–Crippen MR) is 164 cm³/mol. The lowest BCUT2D eigenvalue weighted by Gasteiger charge is -2.37. The van der Waals surface area contributed by atoms with Crippen LogP contribution in [0.25, 0.3) is 6.08 Å². The van der Waals surface area contributed by atoms with Crippen LogP contribution in [-0.2, 0) is 0 Å². The summed E-state index contributed by atoms with van der Waals surface area (Å²) >= 11 is 0. The fraction of sp³-hybridized carbons (Fsp3) is 0.216. The van der Waals surface area contributed by atoms with Gasteiger partial charge in [0, 0.05) is 33.9 Å². The van der Waals surface area contributed by atoms with Gasteiger partial charge in [0.2, 0.25) is 0 Å². The minimum Gasteiger partial charge on any atom is -0.497 e. The third-order valence-corrected chi connectivity index (χ3v) is 9.35. The molecule has 5 nitrogen and oxygen atoms in total. The van der Waals surface area contributed by atoms with E-state index < -0.39 is 29.2 Å². The Bertz CT molecular complexity index is 1800. The van der Waals surface area contributed by atoms with Crippen molar-refractivity contribution in [2.75, 3.05) is 12.0 Å². The summed E-state index contributed by atoms with van der Waals surface area (Å²) < 4.78 is 19.9. The lowest BCUT2D eigenvalue weighted by Crippen LogP contribution is -2.48. The van der Waals surface area contributed by atoms with Crippen LogP contribution in [0.2, 0.25) is 0 Å². The van der Waals surface area contributed by atoms with Gasteiger partial charge in [-0.1, -0.05) is 86.7 Å². The average Bonchev–Trinajstić information content (AvgIpc) is 3.46. The molecule has 2 heterocycles. The van der Waals surface area contributed by atoms with Gasteiger partial charge in [0.15, 0.2) is 17.3 Å². The number of carbonyl (C=O) groups is 3. The number of carbonyl (C=O) groups excluding carboxylic acids is 3. The van der Waals surface area contributed by atoms with E-state index in [1.165, 1.54) is 19.2 Å². The normalized spacial score (nSPS) is 21.2. The quantitative estimate of drug-likeness (QED) is 0.186. The number of ketones is 3. The minimum absolute atomic E-state index is 0.249. The average molecular weight is 572 g/mol. The van der Waals surface area contributed by atoms with Crippen LogP contribution in [0.4, 0.5) is 10.1 Å². The Balaban J connectivity index is 1.53. The van der Waals surface area contributed by atoms with Gasteiger partial charge in [-0.3, -0.25) is 14.4 Å². The molecule has 3 aliphatic rings. The molecule has 214 valence electrons. The molecule has 1 saturated heterocycles. The Morgan fingerprint density at radius 2 is 1.58 bits per heavy atom. The third kappa shape index (κ3) is 3.79. The summed E-state index contributed by atoms with van der Waals surface area (Å²) in [5, 5.41) is 0. The number of fused-ring (bicyclic) bond motifs is 5. The first-order chi connectivity index (χ1) is 20.8. The monoisotopic (exact) mass is 571 g/mol. The standard InChI is InChI=1S/C37H30FNO4/c1-21(2)22-11-13-23(14-12-22)32-33(34(40)25-7-6-8-27(20-25)43-3)39-30-17-16-26(38)19-24(30)15-18-31(39)37(32)35(41)28-9-4-5-10-29(28)36(37)42/h4-21,31-33H,1-3H3/t31-,32-,33+/m0/s1. The maximum Gasteiger partial charge on any atom is 0.186 e. The van der Waals surface area contributed by atoms with Gasteiger partial charge in [-0.2, -0.15) is 0 Å². The fourth-order valence-electron chi connectivity index (χ4n) is 7.36. The molecule has 0 aromatic heterocycles. The second-order valence-electron chi connectivity index (χ2n) is 11.8. The molecule has 0 amide bonds. The highest BCUT2D eigenvalue weighted by Crippen LogP contribution is 2.61. The number of benzene rings is 4. The van der Waals surface area contributed by atoms with Crippen LogP contribution in [0, 0.1) is 11.2 Å². The number of ether oxygens (including phenoxy) is 1. The zero-order chi connectivity index (χ0) is 30.0. The smallest absolute Gasteiger partial charge is 0.186 e. The molecule has 0 radical (unpaired) electrons. The molecule has 1 aliphatic carbocycles. The van der Waals surface area contributed by atoms with E-state index in [9.17, 15) is 18.8 Å². The third-order valence-electron chi connectivity index (χ3n) is 9.35. The summed E-state index contributed by atoms with van der Waals surface area (Å²) in [7, 11) is 1.54. The molecule has 4 aromatic carbocycles. The van der Waals surface area contributed by atoms with Gasteiger partial charge in [-0.05, 0) is 47.4 Å². The van der Waals surface area contributed by atoms with Crippen molar-refractivity contribution in [3.63, 3.8) is 0 Å². The van der Waals surface area contributed by atoms with E-state index in [2.05, 4.69) is 13.8 Å². The summed E-state index contributed by atoms with van der Waals surface area (Å²) in [6.45, 7) is 4.20. The van der Waals surface area contributed by atoms with Crippen LogP contribution < -0.4 is 9.64 Å². The van der Waals surface area contributed by atoms with Crippen molar-refractivity contribution in [3.8, 4) is 5.75 Å². The molecular formula is C37H30FNO4. The Kier molecular flexibility index (Phi) is 6.20. The van der Waals surface area contributed by atoms with Gasteiger partial charge in [0.1, 0.15) is 23.0 Å². The van der Waals surface area contributed by atoms with E-state index in [1.807, 2.05) is 29.2 Å². The first kappa shape index (κ1) is 27.0. The second-order valence-corrected chi connectivity index (χ2v) is 11.8. The van der Waals surface area contributed by atoms with E-state index >= 15 is 0 Å². The molecule has 3 atom stereocenters. The Hall–Kier alpha value is -4.84. The van der Waals surface area contributed by atoms with Crippen molar-refractivity contribution < 1.29 is 23.5 Å². The summed E-state index contributed by atoms with van der Waals surface area (Å²) in [5.74, 6) is -1.28. The molecule has 1 fully saturated rings. The van der Waals surface area contributed by atoms with Crippen LogP contribution in [0.1, 0.15) is 73.4 Å². The lowest BCUT2D eigenvalue weighted by molar-refractivity contribution is 0.0666. The summed E-state index contributed by atoms with van der Waals surface area (Å²) in [4.78, 5) is 46.2. The number of methoxy groups -OCH3 is 1. The first-order valence-electron chi connectivity index (χ1n) is 14.5. The molecule has 0 unspecified atom stereocenters. The summed E-state index contributed by atoms with van der Waals surface area (Å²) in [5.41, 5.74) is 2.55. The summed E-state index contributed by atoms with van der Waals surface area (Å²) in [6, 6.07) is 24.4. The molecule has 7 rings (SSSR count).